The van der Waals surface area contributed by atoms with E-state index in [2.05, 4.69) is 0 Å². The summed E-state index contributed by atoms with van der Waals surface area (Å²) >= 11 is 0. The average Bonchev–Trinajstić information content (AvgIpc) is 2.52. The maximum atomic E-state index is 12.5. The molecule has 1 aliphatic rings. The van der Waals surface area contributed by atoms with E-state index in [0.29, 0.717) is 12.4 Å². The zero-order valence-corrected chi connectivity index (χ0v) is 12.8. The summed E-state index contributed by atoms with van der Waals surface area (Å²) in [4.78, 5) is 24.6. The number of aliphatic carboxylic acids is 1. The van der Waals surface area contributed by atoms with Gasteiger partial charge in [0.05, 0.1) is 12.0 Å². The molecule has 1 saturated heterocycles. The number of rotatable bonds is 5. The van der Waals surface area contributed by atoms with Gasteiger partial charge in [0.1, 0.15) is 5.75 Å². The van der Waals surface area contributed by atoms with Gasteiger partial charge in [-0.1, -0.05) is 0 Å². The maximum absolute atomic E-state index is 12.5. The van der Waals surface area contributed by atoms with Crippen LogP contribution in [0.4, 0.5) is 5.69 Å². The smallest absolute Gasteiger partial charge is 0.341 e. The molecule has 1 fully saturated rings. The van der Waals surface area contributed by atoms with Crippen LogP contribution in [-0.4, -0.2) is 43.3 Å². The van der Waals surface area contributed by atoms with Crippen LogP contribution in [0.5, 0.6) is 5.75 Å². The van der Waals surface area contributed by atoms with E-state index in [1.165, 1.54) is 0 Å². The first-order valence-electron chi connectivity index (χ1n) is 7.33. The maximum Gasteiger partial charge on any atom is 0.341 e. The molecule has 1 aromatic rings. The molecule has 0 aliphatic carbocycles. The molecule has 0 spiro atoms. The van der Waals surface area contributed by atoms with Crippen molar-refractivity contribution in [2.75, 3.05) is 25.2 Å². The fourth-order valence-electron chi connectivity index (χ4n) is 2.53. The van der Waals surface area contributed by atoms with Crippen molar-refractivity contribution in [1.29, 1.82) is 0 Å². The molecule has 1 N–H and O–H groups in total. The number of carboxylic acids is 1. The number of anilines is 1. The molecule has 0 saturated carbocycles. The molecule has 2 atom stereocenters. The second kappa shape index (κ2) is 7.26. The van der Waals surface area contributed by atoms with Gasteiger partial charge >= 0.3 is 5.97 Å². The van der Waals surface area contributed by atoms with E-state index in [1.807, 2.05) is 6.92 Å². The molecule has 1 aliphatic heterocycles. The lowest BCUT2D eigenvalue weighted by molar-refractivity contribution is -0.139. The van der Waals surface area contributed by atoms with Gasteiger partial charge in [0.2, 0.25) is 5.91 Å². The molecule has 0 bridgehead atoms. The van der Waals surface area contributed by atoms with Crippen LogP contribution in [0.25, 0.3) is 0 Å². The molecule has 2 rings (SSSR count). The highest BCUT2D eigenvalue weighted by Gasteiger charge is 2.31. The topological polar surface area (TPSA) is 76.1 Å². The molecule has 0 aromatic heterocycles. The molecule has 2 unspecified atom stereocenters. The van der Waals surface area contributed by atoms with E-state index >= 15 is 0 Å². The Labute approximate surface area is 129 Å². The molecule has 120 valence electrons. The van der Waals surface area contributed by atoms with Crippen LogP contribution in [0.15, 0.2) is 24.3 Å². The van der Waals surface area contributed by atoms with Crippen molar-refractivity contribution in [3.05, 3.63) is 24.3 Å². The summed E-state index contributed by atoms with van der Waals surface area (Å²) in [6.45, 7) is 2.26. The van der Waals surface area contributed by atoms with Crippen LogP contribution in [0, 0.1) is 5.92 Å². The van der Waals surface area contributed by atoms with Crippen LogP contribution in [0.1, 0.15) is 19.8 Å². The first-order valence-corrected chi connectivity index (χ1v) is 7.33. The van der Waals surface area contributed by atoms with Crippen molar-refractivity contribution in [2.45, 2.75) is 25.9 Å². The third-order valence-corrected chi connectivity index (χ3v) is 3.84. The second-order valence-corrected chi connectivity index (χ2v) is 5.40. The van der Waals surface area contributed by atoms with Crippen molar-refractivity contribution in [2.24, 2.45) is 5.92 Å². The molecule has 1 amide bonds. The lowest BCUT2D eigenvalue weighted by Crippen LogP contribution is -2.41. The number of ether oxygens (including phenoxy) is 2. The zero-order valence-electron chi connectivity index (χ0n) is 12.8. The van der Waals surface area contributed by atoms with E-state index in [-0.39, 0.29) is 24.5 Å². The molecule has 1 heterocycles. The average molecular weight is 307 g/mol. The monoisotopic (exact) mass is 307 g/mol. The number of hydrogen-bond acceptors (Lipinski definition) is 4. The highest BCUT2D eigenvalue weighted by molar-refractivity contribution is 5.95. The predicted octanol–water partition coefficient (Wildman–Crippen LogP) is 1.93. The first kappa shape index (κ1) is 16.3. The van der Waals surface area contributed by atoms with Crippen LogP contribution in [0.2, 0.25) is 0 Å². The third kappa shape index (κ3) is 3.98. The van der Waals surface area contributed by atoms with Crippen LogP contribution in [0.3, 0.4) is 0 Å². The number of nitrogens with zero attached hydrogens (tertiary/aromatic N) is 1. The van der Waals surface area contributed by atoms with Crippen molar-refractivity contribution in [3.8, 4) is 5.75 Å². The predicted molar refractivity (Wildman–Crippen MR) is 81.1 cm³/mol. The number of carbonyl (C=O) groups excluding carboxylic acids is 1. The number of carboxylic acid groups (broad SMARTS) is 1. The Balaban J connectivity index is 2.00. The largest absolute Gasteiger partial charge is 0.482 e. The number of hydrogen-bond donors (Lipinski definition) is 1. The van der Waals surface area contributed by atoms with Crippen LogP contribution >= 0.6 is 0 Å². The van der Waals surface area contributed by atoms with Gasteiger partial charge < -0.3 is 19.5 Å². The lowest BCUT2D eigenvalue weighted by atomic mass is 9.94. The van der Waals surface area contributed by atoms with Gasteiger partial charge in [0, 0.05) is 19.3 Å². The SMILES string of the molecule is CC1OCCCC1C(=O)N(C)c1ccc(OCC(=O)O)cc1. The Morgan fingerprint density at radius 1 is 1.36 bits per heavy atom. The minimum Gasteiger partial charge on any atom is -0.482 e. The van der Waals surface area contributed by atoms with Gasteiger partial charge in [-0.25, -0.2) is 4.79 Å². The summed E-state index contributed by atoms with van der Waals surface area (Å²) < 4.78 is 10.6. The Hall–Kier alpha value is -2.08. The summed E-state index contributed by atoms with van der Waals surface area (Å²) in [7, 11) is 1.73. The normalized spacial score (nSPS) is 21.2. The Morgan fingerprint density at radius 3 is 2.64 bits per heavy atom. The van der Waals surface area contributed by atoms with E-state index in [4.69, 9.17) is 14.6 Å². The molecular weight excluding hydrogens is 286 g/mol. The van der Waals surface area contributed by atoms with Crippen molar-refractivity contribution < 1.29 is 24.2 Å². The Bertz CT molecular complexity index is 528. The number of amides is 1. The van der Waals surface area contributed by atoms with Gasteiger partial charge in [0.15, 0.2) is 6.61 Å². The van der Waals surface area contributed by atoms with E-state index in [9.17, 15) is 9.59 Å². The van der Waals surface area contributed by atoms with Gasteiger partial charge in [-0.2, -0.15) is 0 Å². The molecule has 22 heavy (non-hydrogen) atoms. The molecule has 1 aromatic carbocycles. The van der Waals surface area contributed by atoms with Crippen molar-refractivity contribution in [3.63, 3.8) is 0 Å². The number of benzene rings is 1. The first-order chi connectivity index (χ1) is 10.5. The van der Waals surface area contributed by atoms with Gasteiger partial charge in [-0.15, -0.1) is 0 Å². The lowest BCUT2D eigenvalue weighted by Gasteiger charge is -2.31. The standard InChI is InChI=1S/C16H21NO5/c1-11-14(4-3-9-21-11)16(20)17(2)12-5-7-13(8-6-12)22-10-15(18)19/h5-8,11,14H,3-4,9-10H2,1-2H3,(H,18,19). The number of carbonyl (C=O) groups is 2. The third-order valence-electron chi connectivity index (χ3n) is 3.84. The molecule has 6 heteroatoms. The molecular formula is C16H21NO5. The quantitative estimate of drug-likeness (QED) is 0.899. The summed E-state index contributed by atoms with van der Waals surface area (Å²) in [5, 5.41) is 8.57. The van der Waals surface area contributed by atoms with E-state index < -0.39 is 5.97 Å². The van der Waals surface area contributed by atoms with Crippen molar-refractivity contribution >= 4 is 17.6 Å². The van der Waals surface area contributed by atoms with E-state index in [0.717, 1.165) is 18.5 Å². The molecule has 0 radical (unpaired) electrons. The summed E-state index contributed by atoms with van der Waals surface area (Å²) in [6, 6.07) is 6.79. The highest BCUT2D eigenvalue weighted by Crippen LogP contribution is 2.26. The van der Waals surface area contributed by atoms with Crippen molar-refractivity contribution in [1.82, 2.24) is 0 Å². The van der Waals surface area contributed by atoms with Crippen LogP contribution < -0.4 is 9.64 Å². The minimum absolute atomic E-state index is 0.0337. The van der Waals surface area contributed by atoms with Gasteiger partial charge in [-0.05, 0) is 44.0 Å². The van der Waals surface area contributed by atoms with Crippen LogP contribution in [-0.2, 0) is 14.3 Å². The summed E-state index contributed by atoms with van der Waals surface area (Å²) in [6.07, 6.45) is 1.67. The Kier molecular flexibility index (Phi) is 5.38. The summed E-state index contributed by atoms with van der Waals surface area (Å²) in [5.74, 6) is -0.655. The molecule has 6 nitrogen and oxygen atoms in total. The Morgan fingerprint density at radius 2 is 2.05 bits per heavy atom. The second-order valence-electron chi connectivity index (χ2n) is 5.40. The van der Waals surface area contributed by atoms with Gasteiger partial charge in [0.25, 0.3) is 0 Å². The fourth-order valence-corrected chi connectivity index (χ4v) is 2.53. The minimum atomic E-state index is -1.03. The fraction of sp³-hybridized carbons (Fsp3) is 0.500. The zero-order chi connectivity index (χ0) is 16.1. The van der Waals surface area contributed by atoms with Gasteiger partial charge in [-0.3, -0.25) is 4.79 Å². The highest BCUT2D eigenvalue weighted by atomic mass is 16.5. The van der Waals surface area contributed by atoms with E-state index in [1.54, 1.807) is 36.2 Å². The summed E-state index contributed by atoms with van der Waals surface area (Å²) in [5.41, 5.74) is 0.741.